The van der Waals surface area contributed by atoms with E-state index in [1.54, 1.807) is 6.07 Å². The SMILES string of the molecule is Oc1cc(Cl)c(C=CCBr)cc1Cl. The third kappa shape index (κ3) is 2.90. The van der Waals surface area contributed by atoms with Crippen LogP contribution in [0.4, 0.5) is 0 Å². The Morgan fingerprint density at radius 1 is 1.31 bits per heavy atom. The molecule has 1 nitrogen and oxygen atoms in total. The van der Waals surface area contributed by atoms with Gasteiger partial charge in [0.25, 0.3) is 0 Å². The molecule has 1 aromatic rings. The van der Waals surface area contributed by atoms with Gasteiger partial charge in [-0.3, -0.25) is 0 Å². The Labute approximate surface area is 95.1 Å². The first-order valence-corrected chi connectivity index (χ1v) is 5.43. The highest BCUT2D eigenvalue weighted by Crippen LogP contribution is 2.30. The van der Waals surface area contributed by atoms with Gasteiger partial charge >= 0.3 is 0 Å². The van der Waals surface area contributed by atoms with Gasteiger partial charge in [0.2, 0.25) is 0 Å². The van der Waals surface area contributed by atoms with Gasteiger partial charge in [0, 0.05) is 11.4 Å². The second-order valence-electron chi connectivity index (χ2n) is 2.38. The Balaban J connectivity index is 3.08. The lowest BCUT2D eigenvalue weighted by molar-refractivity contribution is 0.475. The Hall–Kier alpha value is -0.180. The molecule has 0 spiro atoms. The molecule has 0 fully saturated rings. The quantitative estimate of drug-likeness (QED) is 0.809. The first-order valence-electron chi connectivity index (χ1n) is 3.55. The lowest BCUT2D eigenvalue weighted by Gasteiger charge is -2.01. The Morgan fingerprint density at radius 3 is 2.62 bits per heavy atom. The van der Waals surface area contributed by atoms with E-state index in [4.69, 9.17) is 23.2 Å². The maximum absolute atomic E-state index is 9.20. The van der Waals surface area contributed by atoms with Crippen molar-refractivity contribution in [2.45, 2.75) is 0 Å². The molecule has 0 unspecified atom stereocenters. The lowest BCUT2D eigenvalue weighted by atomic mass is 10.2. The van der Waals surface area contributed by atoms with Crippen LogP contribution in [0.3, 0.4) is 0 Å². The van der Waals surface area contributed by atoms with Crippen LogP contribution in [0.1, 0.15) is 5.56 Å². The lowest BCUT2D eigenvalue weighted by Crippen LogP contribution is -1.77. The standard InChI is InChI=1S/C9H7BrCl2O/c10-3-1-2-6-4-8(12)9(13)5-7(6)11/h1-2,4-5,13H,3H2. The molecule has 0 heterocycles. The van der Waals surface area contributed by atoms with Gasteiger partial charge in [0.1, 0.15) is 5.75 Å². The van der Waals surface area contributed by atoms with Gasteiger partial charge in [0.05, 0.1) is 10.0 Å². The highest BCUT2D eigenvalue weighted by Gasteiger charge is 2.03. The molecule has 0 amide bonds. The summed E-state index contributed by atoms with van der Waals surface area (Å²) >= 11 is 14.8. The van der Waals surface area contributed by atoms with E-state index in [1.807, 2.05) is 12.2 Å². The van der Waals surface area contributed by atoms with Gasteiger partial charge in [-0.2, -0.15) is 0 Å². The minimum Gasteiger partial charge on any atom is -0.506 e. The summed E-state index contributed by atoms with van der Waals surface area (Å²) in [4.78, 5) is 0. The molecular weight excluding hydrogens is 275 g/mol. The van der Waals surface area contributed by atoms with E-state index in [1.165, 1.54) is 6.07 Å². The third-order valence-corrected chi connectivity index (χ3v) is 2.46. The van der Waals surface area contributed by atoms with Crippen LogP contribution in [-0.4, -0.2) is 10.4 Å². The predicted octanol–water partition coefficient (Wildman–Crippen LogP) is 4.11. The molecule has 4 heteroatoms. The van der Waals surface area contributed by atoms with Crippen LogP contribution in [-0.2, 0) is 0 Å². The topological polar surface area (TPSA) is 20.2 Å². The molecule has 70 valence electrons. The number of aromatic hydroxyl groups is 1. The van der Waals surface area contributed by atoms with Crippen molar-refractivity contribution in [1.82, 2.24) is 0 Å². The number of phenols is 1. The minimum atomic E-state index is 0.00246. The zero-order chi connectivity index (χ0) is 9.84. The number of alkyl halides is 1. The molecule has 1 N–H and O–H groups in total. The van der Waals surface area contributed by atoms with Crippen molar-refractivity contribution in [3.63, 3.8) is 0 Å². The summed E-state index contributed by atoms with van der Waals surface area (Å²) in [6.45, 7) is 0. The second-order valence-corrected chi connectivity index (χ2v) is 3.84. The molecule has 0 aromatic heterocycles. The summed E-state index contributed by atoms with van der Waals surface area (Å²) in [6, 6.07) is 3.05. The number of rotatable bonds is 2. The smallest absolute Gasteiger partial charge is 0.135 e. The molecule has 0 saturated heterocycles. The van der Waals surface area contributed by atoms with E-state index in [0.717, 1.165) is 10.9 Å². The molecule has 13 heavy (non-hydrogen) atoms. The average Bonchev–Trinajstić information content (AvgIpc) is 2.09. The maximum Gasteiger partial charge on any atom is 0.135 e. The maximum atomic E-state index is 9.20. The van der Waals surface area contributed by atoms with Crippen LogP contribution in [0.15, 0.2) is 18.2 Å². The monoisotopic (exact) mass is 280 g/mol. The van der Waals surface area contributed by atoms with Gasteiger partial charge in [-0.15, -0.1) is 0 Å². The van der Waals surface area contributed by atoms with Crippen molar-refractivity contribution in [3.8, 4) is 5.75 Å². The fourth-order valence-corrected chi connectivity index (χ4v) is 1.43. The number of phenolic OH excluding ortho intramolecular Hbond substituents is 1. The predicted molar refractivity (Wildman–Crippen MR) is 61.0 cm³/mol. The molecule has 0 bridgehead atoms. The first kappa shape index (κ1) is 10.9. The van der Waals surface area contributed by atoms with Gasteiger partial charge in [-0.1, -0.05) is 51.3 Å². The zero-order valence-electron chi connectivity index (χ0n) is 6.60. The molecule has 0 aliphatic heterocycles. The molecular formula is C9H7BrCl2O. The fourth-order valence-electron chi connectivity index (χ4n) is 0.851. The highest BCUT2D eigenvalue weighted by atomic mass is 79.9. The minimum absolute atomic E-state index is 0.00246. The number of hydrogen-bond donors (Lipinski definition) is 1. The first-order chi connectivity index (χ1) is 6.15. The molecule has 0 saturated carbocycles. The van der Waals surface area contributed by atoms with Gasteiger partial charge in [0.15, 0.2) is 0 Å². The Kier molecular flexibility index (Phi) is 4.10. The highest BCUT2D eigenvalue weighted by molar-refractivity contribution is 9.09. The summed E-state index contributed by atoms with van der Waals surface area (Å²) in [5.74, 6) is 0.00246. The number of halogens is 3. The number of hydrogen-bond acceptors (Lipinski definition) is 1. The number of allylic oxidation sites excluding steroid dienone is 1. The zero-order valence-corrected chi connectivity index (χ0v) is 9.70. The Morgan fingerprint density at radius 2 is 2.00 bits per heavy atom. The Bertz CT molecular complexity index is 337. The summed E-state index contributed by atoms with van der Waals surface area (Å²) in [5.41, 5.74) is 0.795. The van der Waals surface area contributed by atoms with E-state index in [0.29, 0.717) is 10.0 Å². The number of benzene rings is 1. The molecule has 1 rings (SSSR count). The molecule has 0 aliphatic rings. The van der Waals surface area contributed by atoms with E-state index >= 15 is 0 Å². The average molecular weight is 282 g/mol. The molecule has 0 atom stereocenters. The molecule has 0 radical (unpaired) electrons. The second kappa shape index (κ2) is 4.89. The van der Waals surface area contributed by atoms with Crippen molar-refractivity contribution in [2.24, 2.45) is 0 Å². The van der Waals surface area contributed by atoms with Gasteiger partial charge in [-0.05, 0) is 11.6 Å². The van der Waals surface area contributed by atoms with Crippen molar-refractivity contribution in [1.29, 1.82) is 0 Å². The van der Waals surface area contributed by atoms with Crippen molar-refractivity contribution in [2.75, 3.05) is 5.33 Å². The summed E-state index contributed by atoms with van der Waals surface area (Å²) < 4.78 is 0. The summed E-state index contributed by atoms with van der Waals surface area (Å²) in [5, 5.41) is 10.7. The summed E-state index contributed by atoms with van der Waals surface area (Å²) in [6.07, 6.45) is 3.73. The van der Waals surface area contributed by atoms with Crippen LogP contribution in [0.5, 0.6) is 5.75 Å². The fraction of sp³-hybridized carbons (Fsp3) is 0.111. The third-order valence-electron chi connectivity index (χ3n) is 1.45. The normalized spacial score (nSPS) is 11.0. The largest absolute Gasteiger partial charge is 0.506 e. The van der Waals surface area contributed by atoms with Crippen LogP contribution in [0, 0.1) is 0 Å². The van der Waals surface area contributed by atoms with Crippen LogP contribution < -0.4 is 0 Å². The van der Waals surface area contributed by atoms with Crippen molar-refractivity contribution >= 4 is 45.2 Å². The van der Waals surface area contributed by atoms with E-state index in [-0.39, 0.29) is 5.75 Å². The van der Waals surface area contributed by atoms with E-state index in [2.05, 4.69) is 15.9 Å². The molecule has 0 aliphatic carbocycles. The van der Waals surface area contributed by atoms with Crippen LogP contribution >= 0.6 is 39.1 Å². The van der Waals surface area contributed by atoms with Gasteiger partial charge < -0.3 is 5.11 Å². The van der Waals surface area contributed by atoms with E-state index < -0.39 is 0 Å². The van der Waals surface area contributed by atoms with Crippen LogP contribution in [0.2, 0.25) is 10.0 Å². The van der Waals surface area contributed by atoms with Crippen molar-refractivity contribution in [3.05, 3.63) is 33.8 Å². The summed E-state index contributed by atoms with van der Waals surface area (Å²) in [7, 11) is 0. The van der Waals surface area contributed by atoms with E-state index in [9.17, 15) is 5.11 Å². The van der Waals surface area contributed by atoms with Crippen LogP contribution in [0.25, 0.3) is 6.08 Å². The van der Waals surface area contributed by atoms with Crippen molar-refractivity contribution < 1.29 is 5.11 Å². The van der Waals surface area contributed by atoms with Gasteiger partial charge in [-0.25, -0.2) is 0 Å². The molecule has 1 aromatic carbocycles.